The monoisotopic (exact) mass is 2080 g/mol. The summed E-state index contributed by atoms with van der Waals surface area (Å²) in [6, 6.07) is -0.575. The van der Waals surface area contributed by atoms with Gasteiger partial charge in [0.05, 0.1) is 52.0 Å². The average Bonchev–Trinajstić information content (AvgIpc) is 1.69. The van der Waals surface area contributed by atoms with Crippen LogP contribution in [0.3, 0.4) is 0 Å². The Hall–Kier alpha value is -14.7. The van der Waals surface area contributed by atoms with Gasteiger partial charge in [0, 0.05) is 66.4 Å². The Morgan fingerprint density at radius 2 is 0.741 bits per heavy atom. The molecule has 0 radical (unpaired) electrons. The van der Waals surface area contributed by atoms with Gasteiger partial charge in [-0.25, -0.2) is 4.79 Å². The standard InChI is InChI=1S/C96H140N24O26S/c1-48(2)33-65(115-89(138)68(36-56-21-14-13-15-22-56)117-88(137)67(35-50(5)6)113-83(132)53(9)105-75(125)39-97)87(136)104-45-78(128)109-69(37-57-40-99-61-25-18-16-23-59(57)61)90(139)116-66(34-49(3)4)86(135)103-43-77(127)106-52(8)82(131)108-51(7)81(130)101-44-79(129)110-71(46-121)93(142)119-80(55(11)123)94(143)111-63(30-32-147-12)85(134)102-42-76(126)107-54(10)84(133)114-70(38-58-41-100-62-26-19-17-24-60(58)62)91(140)118-72(47-122)92(141)112-64(28-29-74(98)124)95(144)120-31-20-27-73(120)96(145)146/h13-19,21-26,40-41,48-55,63-73,80,99-100,121-123H,20,27-39,42-47,97H2,1-12H3,(H2,98,124)(H,101,130)(H,102,134)(H,103,135)(H,104,136)(H,105,125)(H,106,127)(H,107,126)(H,108,131)(H,109,128)(H,110,129)(H,111,143)(H,112,141)(H,113,132)(H,114,133)(H,115,138)(H,116,139)(H,117,137)(H,118,140)(H,119,142)(H,145,146)/t51-,52-,53-,54-,55+,63-,64-,65-,66-,67-,68-,69-,70-,71-,72-,73-,80-/m0/s1. The van der Waals surface area contributed by atoms with E-state index in [2.05, 4.69) is 111 Å². The molecule has 3 aromatic carbocycles. The lowest BCUT2D eigenvalue weighted by molar-refractivity contribution is -0.149. The quantitative estimate of drug-likeness (QED) is 0.0172. The number of aliphatic hydroxyl groups excluding tert-OH is 3. The van der Waals surface area contributed by atoms with Crippen LogP contribution in [0.15, 0.2) is 91.3 Å². The maximum Gasteiger partial charge on any atom is 0.326 e. The molecule has 17 atom stereocenters. The molecular formula is C96H140N24O26S. The number of carbonyl (C=O) groups is 22. The molecule has 0 saturated carbocycles. The molecule has 0 spiro atoms. The molecule has 3 heterocycles. The number of thioether (sulfide) groups is 1. The SMILES string of the molecule is CSCC[C@H](NC(=O)[C@@H](NC(=O)[C@H](CO)NC(=O)CNC(=O)[C@H](C)NC(=O)[C@H](C)NC(=O)CNC(=O)[C@H](CC(C)C)NC(=O)[C@H](Cc1c[nH]c2ccccc12)NC(=O)CNC(=O)[C@H](CC(C)C)NC(=O)[C@H](Cc1ccccc1)NC(=O)[C@H](CC(C)C)NC(=O)[C@H](C)NC(=O)CN)[C@@H](C)O)C(=O)NCC(=O)N[C@@H](C)C(=O)N[C@@H](Cc1c[nH]c2ccccc12)C(=O)N[C@@H](CO)C(=O)N[C@@H](CCC(N)=O)C(=O)N1CCC[C@H]1C(=O)O. The van der Waals surface area contributed by atoms with E-state index in [9.17, 15) is 126 Å². The number of likely N-dealkylation sites (tertiary alicyclic amines) is 1. The lowest BCUT2D eigenvalue weighted by Crippen LogP contribution is -2.61. The summed E-state index contributed by atoms with van der Waals surface area (Å²) in [4.78, 5) is 305. The molecule has 5 aromatic rings. The second-order valence-corrected chi connectivity index (χ2v) is 38.0. The summed E-state index contributed by atoms with van der Waals surface area (Å²) in [6.07, 6.45) is 2.35. The van der Waals surface area contributed by atoms with Crippen LogP contribution in [-0.4, -0.2) is 333 Å². The number of carbonyl (C=O) groups excluding carboxylic acids is 21. The van der Waals surface area contributed by atoms with E-state index in [1.165, 1.54) is 39.5 Å². The number of H-pyrrole nitrogens is 2. The van der Waals surface area contributed by atoms with Crippen LogP contribution < -0.4 is 112 Å². The average molecular weight is 2080 g/mol. The predicted octanol–water partition coefficient (Wildman–Crippen LogP) is -6.95. The lowest BCUT2D eigenvalue weighted by Gasteiger charge is -2.29. The molecule has 21 amide bonds. The highest BCUT2D eigenvalue weighted by Crippen LogP contribution is 2.24. The number of nitrogens with zero attached hydrogens (tertiary/aromatic N) is 1. The number of para-hydroxylation sites is 2. The summed E-state index contributed by atoms with van der Waals surface area (Å²) in [5.74, 6) is -21.1. The number of carboxylic acids is 1. The van der Waals surface area contributed by atoms with Crippen molar-refractivity contribution in [2.75, 3.05) is 64.5 Å². The molecule has 806 valence electrons. The fourth-order valence-electron chi connectivity index (χ4n) is 15.6. The van der Waals surface area contributed by atoms with Gasteiger partial charge in [-0.2, -0.15) is 11.8 Å². The third kappa shape index (κ3) is 40.0. The maximum atomic E-state index is 14.6. The van der Waals surface area contributed by atoms with Crippen LogP contribution in [0.4, 0.5) is 0 Å². The third-order valence-electron chi connectivity index (χ3n) is 23.4. The van der Waals surface area contributed by atoms with Gasteiger partial charge in [-0.1, -0.05) is 108 Å². The zero-order chi connectivity index (χ0) is 109. The van der Waals surface area contributed by atoms with Gasteiger partial charge in [-0.05, 0) is 138 Å². The van der Waals surface area contributed by atoms with E-state index < -0.39 is 279 Å². The van der Waals surface area contributed by atoms with Crippen molar-refractivity contribution in [3.63, 3.8) is 0 Å². The van der Waals surface area contributed by atoms with Crippen molar-refractivity contribution in [3.8, 4) is 0 Å². The van der Waals surface area contributed by atoms with Crippen LogP contribution in [0.25, 0.3) is 21.8 Å². The van der Waals surface area contributed by atoms with Crippen LogP contribution in [0.5, 0.6) is 0 Å². The molecule has 147 heavy (non-hydrogen) atoms. The zero-order valence-electron chi connectivity index (χ0n) is 84.1. The number of aromatic nitrogens is 2. The van der Waals surface area contributed by atoms with Gasteiger partial charge in [-0.3, -0.25) is 101 Å². The van der Waals surface area contributed by atoms with Crippen LogP contribution in [0.2, 0.25) is 0 Å². The van der Waals surface area contributed by atoms with Crippen LogP contribution in [0.1, 0.15) is 144 Å². The molecule has 0 bridgehead atoms. The van der Waals surface area contributed by atoms with E-state index in [0.29, 0.717) is 44.9 Å². The van der Waals surface area contributed by atoms with Gasteiger partial charge >= 0.3 is 5.97 Å². The van der Waals surface area contributed by atoms with Crippen molar-refractivity contribution in [1.29, 1.82) is 0 Å². The van der Waals surface area contributed by atoms with E-state index in [0.717, 1.165) is 11.8 Å². The number of hydrogen-bond acceptors (Lipinski definition) is 27. The number of fused-ring (bicyclic) bond motifs is 2. The number of rotatable bonds is 61. The summed E-state index contributed by atoms with van der Waals surface area (Å²) in [5.41, 5.74) is 13.8. The Bertz CT molecular complexity index is 5450. The number of aliphatic hydroxyl groups is 3. The first kappa shape index (κ1) is 121. The number of nitrogens with one attached hydrogen (secondary N) is 21. The summed E-state index contributed by atoms with van der Waals surface area (Å²) < 4.78 is 0. The number of carboxylic acid groups (broad SMARTS) is 1. The number of amides is 21. The minimum atomic E-state index is -1.89. The normalized spacial score (nSPS) is 15.5. The number of aliphatic carboxylic acids is 1. The lowest BCUT2D eigenvalue weighted by atomic mass is 9.99. The van der Waals surface area contributed by atoms with Gasteiger partial charge in [0.2, 0.25) is 124 Å². The Morgan fingerprint density at radius 1 is 0.388 bits per heavy atom. The molecule has 1 aliphatic heterocycles. The second-order valence-electron chi connectivity index (χ2n) is 37.0. The summed E-state index contributed by atoms with van der Waals surface area (Å²) >= 11 is 1.24. The number of hydrogen-bond donors (Lipinski definition) is 27. The first-order chi connectivity index (χ1) is 69.5. The van der Waals surface area contributed by atoms with E-state index in [4.69, 9.17) is 11.5 Å². The van der Waals surface area contributed by atoms with Crippen molar-refractivity contribution < 1.29 is 126 Å². The highest BCUT2D eigenvalue weighted by Gasteiger charge is 2.42. The summed E-state index contributed by atoms with van der Waals surface area (Å²) in [6.45, 7) is 11.1. The van der Waals surface area contributed by atoms with E-state index in [1.54, 1.807) is 125 Å². The maximum absolute atomic E-state index is 14.6. The fraction of sp³-hybridized carbons (Fsp3) is 0.542. The Balaban J connectivity index is 0.992. The highest BCUT2D eigenvalue weighted by atomic mass is 32.2. The Morgan fingerprint density at radius 3 is 1.20 bits per heavy atom. The second kappa shape index (κ2) is 60.3. The van der Waals surface area contributed by atoms with Gasteiger partial charge in [0.15, 0.2) is 0 Å². The number of benzene rings is 3. The largest absolute Gasteiger partial charge is 0.480 e. The van der Waals surface area contributed by atoms with Crippen molar-refractivity contribution in [2.45, 2.75) is 250 Å². The van der Waals surface area contributed by atoms with Crippen molar-refractivity contribution in [2.24, 2.45) is 29.2 Å². The van der Waals surface area contributed by atoms with Gasteiger partial charge in [0.1, 0.15) is 96.7 Å². The van der Waals surface area contributed by atoms with Crippen LogP contribution in [0, 0.1) is 17.8 Å². The molecule has 2 aromatic heterocycles. The molecule has 0 aliphatic carbocycles. The van der Waals surface area contributed by atoms with Crippen molar-refractivity contribution >= 4 is 164 Å². The minimum absolute atomic E-state index is 0.00729. The minimum Gasteiger partial charge on any atom is -0.480 e. The van der Waals surface area contributed by atoms with Gasteiger partial charge in [0.25, 0.3) is 0 Å². The number of nitrogens with two attached hydrogens (primary N) is 2. The molecular weight excluding hydrogens is 1940 g/mol. The number of primary amides is 1. The molecule has 0 unspecified atom stereocenters. The third-order valence-corrected chi connectivity index (χ3v) is 24.1. The topological polar surface area (TPSA) is 772 Å². The Labute approximate surface area is 852 Å². The first-order valence-electron chi connectivity index (χ1n) is 48.2. The van der Waals surface area contributed by atoms with E-state index in [-0.39, 0.29) is 94.4 Å². The van der Waals surface area contributed by atoms with Gasteiger partial charge in [-0.15, -0.1) is 0 Å². The first-order valence-corrected chi connectivity index (χ1v) is 49.6. The summed E-state index contributed by atoms with van der Waals surface area (Å²) in [7, 11) is 0. The van der Waals surface area contributed by atoms with E-state index in [1.807, 2.05) is 13.8 Å². The molecule has 1 saturated heterocycles. The molecule has 29 N–H and O–H groups in total. The van der Waals surface area contributed by atoms with Crippen LogP contribution in [-0.2, 0) is 125 Å². The molecule has 1 aliphatic rings. The molecule has 6 rings (SSSR count). The molecule has 1 fully saturated rings. The molecule has 51 heteroatoms. The van der Waals surface area contributed by atoms with E-state index >= 15 is 0 Å². The molecule has 50 nitrogen and oxygen atoms in total. The zero-order valence-corrected chi connectivity index (χ0v) is 84.9. The van der Waals surface area contributed by atoms with Gasteiger partial charge < -0.3 is 148 Å². The fourth-order valence-corrected chi connectivity index (χ4v) is 16.1. The smallest absolute Gasteiger partial charge is 0.326 e. The van der Waals surface area contributed by atoms with Crippen molar-refractivity contribution in [3.05, 3.63) is 108 Å². The highest BCUT2D eigenvalue weighted by molar-refractivity contribution is 7.98. The number of aromatic amines is 2. The summed E-state index contributed by atoms with van der Waals surface area (Å²) in [5, 5.41) is 89.2. The predicted molar refractivity (Wildman–Crippen MR) is 535 cm³/mol. The Kier molecular flexibility index (Phi) is 49.6. The van der Waals surface area contributed by atoms with Crippen LogP contribution >= 0.6 is 11.8 Å². The van der Waals surface area contributed by atoms with Crippen molar-refractivity contribution in [1.82, 2.24) is 116 Å².